The Labute approximate surface area is 291 Å². The largest absolute Gasteiger partial charge is 0.497 e. The molecule has 50 heavy (non-hydrogen) atoms. The van der Waals surface area contributed by atoms with Crippen LogP contribution in [0.25, 0.3) is 33.2 Å². The van der Waals surface area contributed by atoms with Gasteiger partial charge in [-0.15, -0.1) is 0 Å². The molecule has 2 aromatic heterocycles. The van der Waals surface area contributed by atoms with Crippen LogP contribution < -0.4 is 35.3 Å². The molecule has 0 N–H and O–H groups in total. The summed E-state index contributed by atoms with van der Waals surface area (Å²) in [5.41, 5.74) is 8.27. The molecule has 6 nitrogen and oxygen atoms in total. The van der Waals surface area contributed by atoms with Crippen molar-refractivity contribution >= 4 is 33.9 Å². The van der Waals surface area contributed by atoms with E-state index in [1.807, 2.05) is 24.4 Å². The average molecular weight is 653 g/mol. The first kappa shape index (κ1) is 30.0. The molecule has 5 aromatic carbocycles. The maximum atomic E-state index is 6.70. The van der Waals surface area contributed by atoms with E-state index in [-0.39, 0.29) is 12.1 Å². The monoisotopic (exact) mass is 652 g/mol. The lowest BCUT2D eigenvalue weighted by Gasteiger charge is -2.35. The zero-order valence-electron chi connectivity index (χ0n) is 28.2. The van der Waals surface area contributed by atoms with Gasteiger partial charge in [-0.25, -0.2) is 4.98 Å². The Morgan fingerprint density at radius 3 is 2.16 bits per heavy atom. The van der Waals surface area contributed by atoms with Gasteiger partial charge in [0.15, 0.2) is 0 Å². The van der Waals surface area contributed by atoms with Crippen molar-refractivity contribution in [2.24, 2.45) is 0 Å². The Morgan fingerprint density at radius 1 is 0.620 bits per heavy atom. The van der Waals surface area contributed by atoms with Crippen LogP contribution in [0.15, 0.2) is 128 Å². The van der Waals surface area contributed by atoms with E-state index in [0.717, 1.165) is 61.8 Å². The van der Waals surface area contributed by atoms with E-state index in [1.54, 1.807) is 25.4 Å². The van der Waals surface area contributed by atoms with E-state index >= 15 is 0 Å². The van der Waals surface area contributed by atoms with Crippen molar-refractivity contribution < 1.29 is 18.9 Å². The molecular weight excluding hydrogens is 619 g/mol. The van der Waals surface area contributed by atoms with Crippen LogP contribution in [0.2, 0.25) is 0 Å². The lowest BCUT2D eigenvalue weighted by Crippen LogP contribution is -2.57. The minimum atomic E-state index is -0.162. The predicted molar refractivity (Wildman–Crippen MR) is 200 cm³/mol. The first-order valence-corrected chi connectivity index (χ1v) is 16.8. The molecule has 2 aliphatic rings. The molecule has 0 amide bonds. The summed E-state index contributed by atoms with van der Waals surface area (Å²) < 4.78 is 25.0. The lowest BCUT2D eigenvalue weighted by molar-refractivity contribution is 0.405. The minimum absolute atomic E-state index is 0.0969. The molecule has 242 valence electrons. The Balaban J connectivity index is 1.18. The van der Waals surface area contributed by atoms with Crippen molar-refractivity contribution in [2.75, 3.05) is 7.11 Å². The SMILES string of the molecule is COc1ccnc(Oc2ccc3c(c2)B2c4cc(-c5cc(-c6cccc7ccccc67)ccn5)ccc4Oc4cc(C(C)(C)C)cc(c42)O3)c1. The minimum Gasteiger partial charge on any atom is -0.497 e. The molecule has 4 heterocycles. The number of hydrogen-bond acceptors (Lipinski definition) is 6. The molecule has 0 saturated heterocycles. The standard InChI is InChI=1S/C43H33BN2O4/c1-43(2,3)29-22-39-42-40(23-29)50-38-15-13-31(48-41-25-30(47-4)17-19-46-41)24-35(38)44(42)34-20-28(12-14-37(34)49-39)36-21-27(16-18-45-36)33-11-7-9-26-8-5-6-10-32(26)33/h5-25H,1-4H3. The summed E-state index contributed by atoms with van der Waals surface area (Å²) in [4.78, 5) is 9.24. The summed E-state index contributed by atoms with van der Waals surface area (Å²) >= 11 is 0. The van der Waals surface area contributed by atoms with Crippen LogP contribution in [0.1, 0.15) is 26.3 Å². The maximum absolute atomic E-state index is 6.70. The maximum Gasteiger partial charge on any atom is 0.260 e. The van der Waals surface area contributed by atoms with Crippen LogP contribution in [0.4, 0.5) is 0 Å². The third-order valence-corrected chi connectivity index (χ3v) is 9.63. The number of rotatable bonds is 5. The molecule has 7 heteroatoms. The number of nitrogens with zero attached hydrogens (tertiary/aromatic N) is 2. The molecular formula is C43H33BN2O4. The zero-order chi connectivity index (χ0) is 34.0. The highest BCUT2D eigenvalue weighted by Gasteiger charge is 2.41. The van der Waals surface area contributed by atoms with Crippen LogP contribution >= 0.6 is 0 Å². The highest BCUT2D eigenvalue weighted by molar-refractivity contribution is 6.98. The number of ether oxygens (including phenoxy) is 4. The second-order valence-electron chi connectivity index (χ2n) is 13.8. The topological polar surface area (TPSA) is 62.7 Å². The van der Waals surface area contributed by atoms with E-state index in [4.69, 9.17) is 23.9 Å². The highest BCUT2D eigenvalue weighted by atomic mass is 16.5. The van der Waals surface area contributed by atoms with Crippen LogP contribution in [0, 0.1) is 0 Å². The van der Waals surface area contributed by atoms with Crippen molar-refractivity contribution in [1.82, 2.24) is 9.97 Å². The van der Waals surface area contributed by atoms with Gasteiger partial charge in [-0.3, -0.25) is 4.98 Å². The summed E-state index contributed by atoms with van der Waals surface area (Å²) in [6.45, 7) is 6.45. The predicted octanol–water partition coefficient (Wildman–Crippen LogP) is 8.79. The Bertz CT molecular complexity index is 2450. The lowest BCUT2D eigenvalue weighted by atomic mass is 9.34. The van der Waals surface area contributed by atoms with Gasteiger partial charge >= 0.3 is 0 Å². The molecule has 7 aromatic rings. The number of aromatic nitrogens is 2. The third-order valence-electron chi connectivity index (χ3n) is 9.63. The van der Waals surface area contributed by atoms with Crippen molar-refractivity contribution in [3.8, 4) is 62.8 Å². The Kier molecular flexibility index (Phi) is 6.92. The van der Waals surface area contributed by atoms with E-state index in [2.05, 4.69) is 111 Å². The zero-order valence-corrected chi connectivity index (χ0v) is 28.2. The van der Waals surface area contributed by atoms with Gasteiger partial charge in [0.2, 0.25) is 5.88 Å². The second-order valence-corrected chi connectivity index (χ2v) is 13.8. The molecule has 0 bridgehead atoms. The van der Waals surface area contributed by atoms with Gasteiger partial charge in [0, 0.05) is 23.9 Å². The van der Waals surface area contributed by atoms with Gasteiger partial charge in [0.05, 0.1) is 12.8 Å². The van der Waals surface area contributed by atoms with Gasteiger partial charge in [-0.1, -0.05) is 69.3 Å². The molecule has 0 aliphatic carbocycles. The quantitative estimate of drug-likeness (QED) is 0.173. The highest BCUT2D eigenvalue weighted by Crippen LogP contribution is 2.40. The second kappa shape index (κ2) is 11.5. The molecule has 0 fully saturated rings. The fourth-order valence-corrected chi connectivity index (χ4v) is 7.07. The summed E-state index contributed by atoms with van der Waals surface area (Å²) in [6, 6.07) is 39.4. The number of hydrogen-bond donors (Lipinski definition) is 0. The Morgan fingerprint density at radius 2 is 1.36 bits per heavy atom. The molecule has 0 unspecified atom stereocenters. The summed E-state index contributed by atoms with van der Waals surface area (Å²) in [5, 5.41) is 2.42. The fourth-order valence-electron chi connectivity index (χ4n) is 7.07. The van der Waals surface area contributed by atoms with Crippen LogP contribution in [-0.4, -0.2) is 23.8 Å². The van der Waals surface area contributed by atoms with Gasteiger partial charge in [0.25, 0.3) is 6.71 Å². The van der Waals surface area contributed by atoms with Crippen LogP contribution in [0.3, 0.4) is 0 Å². The van der Waals surface area contributed by atoms with Crippen molar-refractivity contribution in [3.63, 3.8) is 0 Å². The van der Waals surface area contributed by atoms with E-state index in [1.165, 1.54) is 16.3 Å². The van der Waals surface area contributed by atoms with Gasteiger partial charge in [-0.2, -0.15) is 0 Å². The molecule has 0 atom stereocenters. The Hall–Kier alpha value is -6.08. The molecule has 2 aliphatic heterocycles. The summed E-state index contributed by atoms with van der Waals surface area (Å²) in [6.07, 6.45) is 3.56. The number of fused-ring (bicyclic) bond motifs is 5. The van der Waals surface area contributed by atoms with E-state index < -0.39 is 0 Å². The van der Waals surface area contributed by atoms with Gasteiger partial charge in [0.1, 0.15) is 34.5 Å². The van der Waals surface area contributed by atoms with Crippen LogP contribution in [0.5, 0.6) is 40.4 Å². The summed E-state index contributed by atoms with van der Waals surface area (Å²) in [5.74, 6) is 4.97. The molecule has 0 radical (unpaired) electrons. The normalized spacial score (nSPS) is 12.7. The fraction of sp³-hybridized carbons (Fsp3) is 0.116. The molecule has 9 rings (SSSR count). The number of pyridine rings is 2. The van der Waals surface area contributed by atoms with Crippen LogP contribution in [-0.2, 0) is 5.41 Å². The van der Waals surface area contributed by atoms with Gasteiger partial charge in [-0.05, 0) is 110 Å². The number of methoxy groups -OCH3 is 1. The number of benzene rings is 5. The third kappa shape index (κ3) is 5.14. The van der Waals surface area contributed by atoms with Crippen molar-refractivity contribution in [2.45, 2.75) is 26.2 Å². The van der Waals surface area contributed by atoms with Crippen molar-refractivity contribution in [3.05, 3.63) is 133 Å². The van der Waals surface area contributed by atoms with E-state index in [0.29, 0.717) is 17.4 Å². The first-order valence-electron chi connectivity index (χ1n) is 16.8. The van der Waals surface area contributed by atoms with Gasteiger partial charge < -0.3 is 18.9 Å². The first-order chi connectivity index (χ1) is 24.3. The summed E-state index contributed by atoms with van der Waals surface area (Å²) in [7, 11) is 1.63. The molecule has 0 spiro atoms. The smallest absolute Gasteiger partial charge is 0.260 e. The average Bonchev–Trinajstić information content (AvgIpc) is 3.14. The molecule has 0 saturated carbocycles. The van der Waals surface area contributed by atoms with Crippen molar-refractivity contribution in [1.29, 1.82) is 0 Å². The van der Waals surface area contributed by atoms with E-state index in [9.17, 15) is 0 Å².